The number of hydrogen-bond acceptors (Lipinski definition) is 5. The van der Waals surface area contributed by atoms with Crippen LogP contribution < -0.4 is 15.4 Å². The van der Waals surface area contributed by atoms with Crippen molar-refractivity contribution < 1.29 is 9.47 Å². The van der Waals surface area contributed by atoms with Crippen molar-refractivity contribution in [1.82, 2.24) is 4.98 Å². The van der Waals surface area contributed by atoms with Gasteiger partial charge in [-0.2, -0.15) is 0 Å². The number of ether oxygens (including phenoxy) is 2. The molecule has 1 saturated heterocycles. The summed E-state index contributed by atoms with van der Waals surface area (Å²) in [5, 5.41) is 0. The topological polar surface area (TPSA) is 60.6 Å². The van der Waals surface area contributed by atoms with Gasteiger partial charge in [0.05, 0.1) is 19.3 Å². The van der Waals surface area contributed by atoms with Crippen molar-refractivity contribution >= 4 is 11.4 Å². The van der Waals surface area contributed by atoms with Crippen LogP contribution >= 0.6 is 0 Å². The van der Waals surface area contributed by atoms with Crippen LogP contribution in [0.1, 0.15) is 19.4 Å². The molecule has 0 aliphatic carbocycles. The number of morpholine rings is 1. The van der Waals surface area contributed by atoms with Gasteiger partial charge in [0, 0.05) is 30.5 Å². The summed E-state index contributed by atoms with van der Waals surface area (Å²) < 4.78 is 11.4. The number of nitrogen functional groups attached to an aromatic ring is 1. The standard InChI is InChI=1S/C19H25N3O2/c1-13(2)24-19-18(22-6-8-23-9-7-22)10-15(12-21-19)17-11-16(20)5-4-14(17)3/h4-5,10-13H,6-9,20H2,1-3H3. The number of anilines is 2. The monoisotopic (exact) mass is 327 g/mol. The van der Waals surface area contributed by atoms with E-state index in [1.165, 1.54) is 5.56 Å². The van der Waals surface area contributed by atoms with E-state index in [2.05, 4.69) is 22.9 Å². The molecule has 5 heteroatoms. The molecule has 1 aliphatic heterocycles. The van der Waals surface area contributed by atoms with Crippen LogP contribution in [0, 0.1) is 6.92 Å². The van der Waals surface area contributed by atoms with E-state index in [-0.39, 0.29) is 6.10 Å². The number of nitrogens with two attached hydrogens (primary N) is 1. The summed E-state index contributed by atoms with van der Waals surface area (Å²) in [4.78, 5) is 6.87. The first-order valence-electron chi connectivity index (χ1n) is 8.40. The highest BCUT2D eigenvalue weighted by Gasteiger charge is 2.19. The van der Waals surface area contributed by atoms with E-state index in [0.29, 0.717) is 5.88 Å². The van der Waals surface area contributed by atoms with E-state index in [4.69, 9.17) is 15.2 Å². The molecule has 128 valence electrons. The van der Waals surface area contributed by atoms with Crippen LogP contribution in [0.25, 0.3) is 11.1 Å². The van der Waals surface area contributed by atoms with Crippen LogP contribution in [0.4, 0.5) is 11.4 Å². The van der Waals surface area contributed by atoms with Gasteiger partial charge in [-0.25, -0.2) is 4.98 Å². The third-order valence-electron chi connectivity index (χ3n) is 4.10. The molecule has 1 fully saturated rings. The van der Waals surface area contributed by atoms with Gasteiger partial charge in [-0.15, -0.1) is 0 Å². The minimum absolute atomic E-state index is 0.0808. The Bertz CT molecular complexity index is 710. The molecule has 1 aromatic carbocycles. The summed E-state index contributed by atoms with van der Waals surface area (Å²) in [6, 6.07) is 8.11. The zero-order valence-electron chi connectivity index (χ0n) is 14.6. The fraction of sp³-hybridized carbons (Fsp3) is 0.421. The van der Waals surface area contributed by atoms with Gasteiger partial charge in [0.1, 0.15) is 5.69 Å². The summed E-state index contributed by atoms with van der Waals surface area (Å²) in [5.74, 6) is 0.678. The summed E-state index contributed by atoms with van der Waals surface area (Å²) in [5.41, 5.74) is 11.1. The lowest BCUT2D eigenvalue weighted by Crippen LogP contribution is -2.36. The number of nitrogens with zero attached hydrogens (tertiary/aromatic N) is 2. The Morgan fingerprint density at radius 3 is 2.67 bits per heavy atom. The Balaban J connectivity index is 2.04. The van der Waals surface area contributed by atoms with Crippen LogP contribution in [0.15, 0.2) is 30.5 Å². The Labute approximate surface area is 143 Å². The first kappa shape index (κ1) is 16.6. The average molecular weight is 327 g/mol. The molecular formula is C19H25N3O2. The Hall–Kier alpha value is -2.27. The molecule has 5 nitrogen and oxygen atoms in total. The molecule has 2 heterocycles. The largest absolute Gasteiger partial charge is 0.473 e. The van der Waals surface area contributed by atoms with Crippen LogP contribution in [0.5, 0.6) is 5.88 Å². The van der Waals surface area contributed by atoms with E-state index in [9.17, 15) is 0 Å². The van der Waals surface area contributed by atoms with Crippen LogP contribution in [-0.2, 0) is 4.74 Å². The first-order chi connectivity index (χ1) is 11.5. The smallest absolute Gasteiger partial charge is 0.237 e. The number of hydrogen-bond donors (Lipinski definition) is 1. The SMILES string of the molecule is Cc1ccc(N)cc1-c1cnc(OC(C)C)c(N2CCOCC2)c1. The van der Waals surface area contributed by atoms with E-state index >= 15 is 0 Å². The zero-order chi connectivity index (χ0) is 17.1. The summed E-state index contributed by atoms with van der Waals surface area (Å²) in [6.45, 7) is 9.25. The molecule has 0 saturated carbocycles. The van der Waals surface area contributed by atoms with E-state index in [0.717, 1.165) is 48.8 Å². The van der Waals surface area contributed by atoms with Gasteiger partial charge in [0.2, 0.25) is 5.88 Å². The van der Waals surface area contributed by atoms with Crippen LogP contribution in [0.3, 0.4) is 0 Å². The summed E-state index contributed by atoms with van der Waals surface area (Å²) in [6.07, 6.45) is 1.95. The fourth-order valence-corrected chi connectivity index (χ4v) is 2.88. The predicted molar refractivity (Wildman–Crippen MR) is 97.6 cm³/mol. The molecule has 24 heavy (non-hydrogen) atoms. The maximum absolute atomic E-state index is 5.97. The molecule has 2 N–H and O–H groups in total. The third kappa shape index (κ3) is 3.62. The highest BCUT2D eigenvalue weighted by atomic mass is 16.5. The molecule has 3 rings (SSSR count). The fourth-order valence-electron chi connectivity index (χ4n) is 2.88. The summed E-state index contributed by atoms with van der Waals surface area (Å²) >= 11 is 0. The van der Waals surface area contributed by atoms with Gasteiger partial charge in [-0.05, 0) is 50.1 Å². The van der Waals surface area contributed by atoms with Gasteiger partial charge in [0.25, 0.3) is 0 Å². The lowest BCUT2D eigenvalue weighted by atomic mass is 10.0. The van der Waals surface area contributed by atoms with Crippen molar-refractivity contribution in [1.29, 1.82) is 0 Å². The molecular weight excluding hydrogens is 302 g/mol. The predicted octanol–water partition coefficient (Wildman–Crippen LogP) is 3.26. The third-order valence-corrected chi connectivity index (χ3v) is 4.10. The minimum Gasteiger partial charge on any atom is -0.473 e. The second kappa shape index (κ2) is 7.09. The Kier molecular flexibility index (Phi) is 4.90. The van der Waals surface area contributed by atoms with Gasteiger partial charge < -0.3 is 20.1 Å². The maximum Gasteiger partial charge on any atom is 0.237 e. The van der Waals surface area contributed by atoms with Crippen molar-refractivity contribution in [3.8, 4) is 17.0 Å². The first-order valence-corrected chi connectivity index (χ1v) is 8.40. The lowest BCUT2D eigenvalue weighted by molar-refractivity contribution is 0.122. The minimum atomic E-state index is 0.0808. The Morgan fingerprint density at radius 1 is 1.21 bits per heavy atom. The highest BCUT2D eigenvalue weighted by molar-refractivity contribution is 5.74. The number of benzene rings is 1. The van der Waals surface area contributed by atoms with Gasteiger partial charge in [0.15, 0.2) is 0 Å². The summed E-state index contributed by atoms with van der Waals surface area (Å²) in [7, 11) is 0. The van der Waals surface area contributed by atoms with Crippen LogP contribution in [-0.4, -0.2) is 37.4 Å². The van der Waals surface area contributed by atoms with Crippen LogP contribution in [0.2, 0.25) is 0 Å². The van der Waals surface area contributed by atoms with Crippen molar-refractivity contribution in [2.75, 3.05) is 36.9 Å². The van der Waals surface area contributed by atoms with Crippen molar-refractivity contribution in [2.24, 2.45) is 0 Å². The molecule has 0 amide bonds. The van der Waals surface area contributed by atoms with Crippen molar-refractivity contribution in [2.45, 2.75) is 26.9 Å². The average Bonchev–Trinajstić information content (AvgIpc) is 2.58. The molecule has 2 aromatic rings. The maximum atomic E-state index is 5.97. The number of pyridine rings is 1. The van der Waals surface area contributed by atoms with Crippen molar-refractivity contribution in [3.63, 3.8) is 0 Å². The second-order valence-electron chi connectivity index (χ2n) is 6.39. The van der Waals surface area contributed by atoms with Crippen molar-refractivity contribution in [3.05, 3.63) is 36.0 Å². The van der Waals surface area contributed by atoms with Gasteiger partial charge >= 0.3 is 0 Å². The Morgan fingerprint density at radius 2 is 1.96 bits per heavy atom. The number of aromatic nitrogens is 1. The van der Waals surface area contributed by atoms with Gasteiger partial charge in [-0.3, -0.25) is 0 Å². The van der Waals surface area contributed by atoms with E-state index < -0.39 is 0 Å². The number of rotatable bonds is 4. The molecule has 1 aliphatic rings. The molecule has 0 spiro atoms. The zero-order valence-corrected chi connectivity index (χ0v) is 14.6. The molecule has 0 unspecified atom stereocenters. The number of aryl methyl sites for hydroxylation is 1. The molecule has 1 aromatic heterocycles. The highest BCUT2D eigenvalue weighted by Crippen LogP contribution is 2.34. The normalized spacial score (nSPS) is 14.9. The van der Waals surface area contributed by atoms with E-state index in [1.807, 2.05) is 38.2 Å². The van der Waals surface area contributed by atoms with Gasteiger partial charge in [-0.1, -0.05) is 6.07 Å². The molecule has 0 bridgehead atoms. The quantitative estimate of drug-likeness (QED) is 0.873. The van der Waals surface area contributed by atoms with E-state index in [1.54, 1.807) is 0 Å². The lowest BCUT2D eigenvalue weighted by Gasteiger charge is -2.30. The second-order valence-corrected chi connectivity index (χ2v) is 6.39. The molecule has 0 radical (unpaired) electrons. The molecule has 0 atom stereocenters.